The van der Waals surface area contributed by atoms with Gasteiger partial charge in [-0.05, 0) is 33.4 Å². The molecule has 0 saturated carbocycles. The predicted octanol–water partition coefficient (Wildman–Crippen LogP) is 2.02. The zero-order valence-corrected chi connectivity index (χ0v) is 15.2. The summed E-state index contributed by atoms with van der Waals surface area (Å²) < 4.78 is 13.7. The summed E-state index contributed by atoms with van der Waals surface area (Å²) in [7, 11) is 1.64. The van der Waals surface area contributed by atoms with E-state index in [1.807, 2.05) is 27.7 Å². The van der Waals surface area contributed by atoms with Crippen LogP contribution in [0.1, 0.15) is 33.3 Å². The molecule has 0 spiro atoms. The van der Waals surface area contributed by atoms with E-state index in [4.69, 9.17) is 0 Å². The molecule has 0 bridgehead atoms. The standard InChI is InChI=1S/C18H28FN3O2/c1-6-22(12-16(23)20-18(2,3)4)13-17(24)21(5)11-14-9-7-8-10-15(14)19/h7-10H,6,11-13H2,1-5H3,(H,20,23). The number of benzene rings is 1. The fraction of sp³-hybridized carbons (Fsp3) is 0.556. The monoisotopic (exact) mass is 337 g/mol. The average Bonchev–Trinajstić information content (AvgIpc) is 2.46. The summed E-state index contributed by atoms with van der Waals surface area (Å²) in [6.45, 7) is 8.70. The number of carbonyl (C=O) groups is 2. The summed E-state index contributed by atoms with van der Waals surface area (Å²) in [6.07, 6.45) is 0. The molecule has 24 heavy (non-hydrogen) atoms. The molecule has 0 radical (unpaired) electrons. The predicted molar refractivity (Wildman–Crippen MR) is 92.9 cm³/mol. The summed E-state index contributed by atoms with van der Waals surface area (Å²) in [5.41, 5.74) is 0.171. The summed E-state index contributed by atoms with van der Waals surface area (Å²) in [5, 5.41) is 2.88. The highest BCUT2D eigenvalue weighted by atomic mass is 19.1. The van der Waals surface area contributed by atoms with Gasteiger partial charge >= 0.3 is 0 Å². The van der Waals surface area contributed by atoms with Gasteiger partial charge in [0, 0.05) is 24.7 Å². The Kier molecular flexibility index (Phi) is 7.35. The lowest BCUT2D eigenvalue weighted by Gasteiger charge is -2.26. The Bertz CT molecular complexity index is 570. The van der Waals surface area contributed by atoms with Gasteiger partial charge in [-0.15, -0.1) is 0 Å². The van der Waals surface area contributed by atoms with Crippen LogP contribution in [0.25, 0.3) is 0 Å². The van der Waals surface area contributed by atoms with Crippen molar-refractivity contribution in [1.82, 2.24) is 15.1 Å². The van der Waals surface area contributed by atoms with E-state index in [0.717, 1.165) is 0 Å². The highest BCUT2D eigenvalue weighted by molar-refractivity contribution is 5.81. The first-order chi connectivity index (χ1) is 11.1. The molecule has 0 fully saturated rings. The molecule has 134 valence electrons. The third-order valence-corrected chi connectivity index (χ3v) is 3.48. The first-order valence-corrected chi connectivity index (χ1v) is 8.13. The molecule has 0 unspecified atom stereocenters. The molecule has 5 nitrogen and oxygen atoms in total. The molecule has 0 aliphatic rings. The molecule has 1 aromatic rings. The van der Waals surface area contributed by atoms with Crippen LogP contribution < -0.4 is 5.32 Å². The lowest BCUT2D eigenvalue weighted by atomic mass is 10.1. The minimum atomic E-state index is -0.325. The normalized spacial score (nSPS) is 11.5. The maximum Gasteiger partial charge on any atom is 0.236 e. The van der Waals surface area contributed by atoms with E-state index in [0.29, 0.717) is 12.1 Å². The van der Waals surface area contributed by atoms with Gasteiger partial charge in [-0.3, -0.25) is 14.5 Å². The molecule has 0 aromatic heterocycles. The molecule has 0 aliphatic carbocycles. The molecule has 1 N–H and O–H groups in total. The topological polar surface area (TPSA) is 52.7 Å². The van der Waals surface area contributed by atoms with Crippen molar-refractivity contribution in [3.8, 4) is 0 Å². The van der Waals surface area contributed by atoms with Crippen LogP contribution in [0.4, 0.5) is 4.39 Å². The van der Waals surface area contributed by atoms with Crippen molar-refractivity contribution in [1.29, 1.82) is 0 Å². The molecule has 0 atom stereocenters. The first-order valence-electron chi connectivity index (χ1n) is 8.13. The smallest absolute Gasteiger partial charge is 0.236 e. The van der Waals surface area contributed by atoms with E-state index in [-0.39, 0.29) is 42.8 Å². The fourth-order valence-corrected chi connectivity index (χ4v) is 2.22. The van der Waals surface area contributed by atoms with Crippen LogP contribution in [0.2, 0.25) is 0 Å². The van der Waals surface area contributed by atoms with Gasteiger partial charge in [0.15, 0.2) is 0 Å². The Labute approximate surface area is 143 Å². The SMILES string of the molecule is CCN(CC(=O)NC(C)(C)C)CC(=O)N(C)Cc1ccccc1F. The highest BCUT2D eigenvalue weighted by Crippen LogP contribution is 2.09. The van der Waals surface area contributed by atoms with Gasteiger partial charge in [-0.2, -0.15) is 0 Å². The van der Waals surface area contributed by atoms with E-state index in [2.05, 4.69) is 5.32 Å². The second kappa shape index (κ2) is 8.78. The fourth-order valence-electron chi connectivity index (χ4n) is 2.22. The Morgan fingerprint density at radius 1 is 1.17 bits per heavy atom. The minimum Gasteiger partial charge on any atom is -0.350 e. The maximum atomic E-state index is 13.7. The molecule has 1 rings (SSSR count). The zero-order chi connectivity index (χ0) is 18.3. The van der Waals surface area contributed by atoms with Crippen molar-refractivity contribution in [3.63, 3.8) is 0 Å². The van der Waals surface area contributed by atoms with Crippen molar-refractivity contribution in [3.05, 3.63) is 35.6 Å². The number of nitrogens with one attached hydrogen (secondary N) is 1. The highest BCUT2D eigenvalue weighted by Gasteiger charge is 2.19. The van der Waals surface area contributed by atoms with E-state index in [9.17, 15) is 14.0 Å². The van der Waals surface area contributed by atoms with Gasteiger partial charge in [0.1, 0.15) is 5.82 Å². The first kappa shape index (κ1) is 20.1. The number of carbonyl (C=O) groups excluding carboxylic acids is 2. The third kappa shape index (κ3) is 7.08. The Hall–Kier alpha value is -1.95. The van der Waals surface area contributed by atoms with Crippen molar-refractivity contribution < 1.29 is 14.0 Å². The van der Waals surface area contributed by atoms with Crippen LogP contribution in [0.5, 0.6) is 0 Å². The van der Waals surface area contributed by atoms with Gasteiger partial charge in [-0.1, -0.05) is 25.1 Å². The van der Waals surface area contributed by atoms with Crippen molar-refractivity contribution >= 4 is 11.8 Å². The third-order valence-electron chi connectivity index (χ3n) is 3.48. The molecular formula is C18H28FN3O2. The summed E-state index contributed by atoms with van der Waals surface area (Å²) >= 11 is 0. The molecule has 1 aromatic carbocycles. The van der Waals surface area contributed by atoms with Crippen LogP contribution in [0.15, 0.2) is 24.3 Å². The molecule has 0 heterocycles. The Morgan fingerprint density at radius 3 is 2.33 bits per heavy atom. The molecule has 2 amide bonds. The number of rotatable bonds is 7. The van der Waals surface area contributed by atoms with Crippen LogP contribution in [-0.2, 0) is 16.1 Å². The van der Waals surface area contributed by atoms with Gasteiger partial charge in [-0.25, -0.2) is 4.39 Å². The van der Waals surface area contributed by atoms with E-state index in [1.54, 1.807) is 30.1 Å². The molecule has 0 aliphatic heterocycles. The number of hydrogen-bond donors (Lipinski definition) is 1. The lowest BCUT2D eigenvalue weighted by molar-refractivity contribution is -0.132. The number of halogens is 1. The second-order valence-corrected chi connectivity index (χ2v) is 6.94. The largest absolute Gasteiger partial charge is 0.350 e. The minimum absolute atomic E-state index is 0.117. The van der Waals surface area contributed by atoms with Crippen LogP contribution >= 0.6 is 0 Å². The molecule has 6 heteroatoms. The van der Waals surface area contributed by atoms with Crippen molar-refractivity contribution in [2.45, 2.75) is 39.8 Å². The van der Waals surface area contributed by atoms with Crippen molar-refractivity contribution in [2.75, 3.05) is 26.7 Å². The number of likely N-dealkylation sites (N-methyl/N-ethyl adjacent to an activating group) is 2. The molecule has 0 saturated heterocycles. The quantitative estimate of drug-likeness (QED) is 0.828. The van der Waals surface area contributed by atoms with Gasteiger partial charge in [0.2, 0.25) is 11.8 Å². The van der Waals surface area contributed by atoms with Gasteiger partial charge < -0.3 is 10.2 Å². The zero-order valence-electron chi connectivity index (χ0n) is 15.2. The number of amides is 2. The van der Waals surface area contributed by atoms with Crippen molar-refractivity contribution in [2.24, 2.45) is 0 Å². The average molecular weight is 337 g/mol. The number of hydrogen-bond acceptors (Lipinski definition) is 3. The summed E-state index contributed by atoms with van der Waals surface area (Å²) in [5.74, 6) is -0.591. The van der Waals surface area contributed by atoms with Crippen LogP contribution in [-0.4, -0.2) is 53.8 Å². The molecular weight excluding hydrogens is 309 g/mol. The van der Waals surface area contributed by atoms with E-state index in [1.165, 1.54) is 11.0 Å². The maximum absolute atomic E-state index is 13.7. The van der Waals surface area contributed by atoms with Crippen LogP contribution in [0.3, 0.4) is 0 Å². The van der Waals surface area contributed by atoms with E-state index >= 15 is 0 Å². The lowest BCUT2D eigenvalue weighted by Crippen LogP contribution is -2.48. The Morgan fingerprint density at radius 2 is 1.79 bits per heavy atom. The number of nitrogens with zero attached hydrogens (tertiary/aromatic N) is 2. The van der Waals surface area contributed by atoms with Gasteiger partial charge in [0.05, 0.1) is 13.1 Å². The van der Waals surface area contributed by atoms with Crippen LogP contribution in [0, 0.1) is 5.82 Å². The Balaban J connectivity index is 2.57. The summed E-state index contributed by atoms with van der Waals surface area (Å²) in [6, 6.07) is 6.40. The summed E-state index contributed by atoms with van der Waals surface area (Å²) in [4.78, 5) is 27.6. The van der Waals surface area contributed by atoms with E-state index < -0.39 is 0 Å². The van der Waals surface area contributed by atoms with Gasteiger partial charge in [0.25, 0.3) is 0 Å². The second-order valence-electron chi connectivity index (χ2n) is 6.94.